The maximum Gasteiger partial charge on any atom is 0.326 e. The molecule has 0 bridgehead atoms. The summed E-state index contributed by atoms with van der Waals surface area (Å²) in [5.41, 5.74) is 6.32. The van der Waals surface area contributed by atoms with E-state index in [0.29, 0.717) is 12.1 Å². The fourth-order valence-electron chi connectivity index (χ4n) is 1.73. The molecule has 0 spiro atoms. The van der Waals surface area contributed by atoms with Crippen LogP contribution in [-0.4, -0.2) is 34.3 Å². The third-order valence-electron chi connectivity index (χ3n) is 2.51. The second kappa shape index (κ2) is 5.44. The Balaban J connectivity index is 2.74. The highest BCUT2D eigenvalue weighted by atomic mass is 16.6. The lowest BCUT2D eigenvalue weighted by Gasteiger charge is -2.34. The molecule has 5 heteroatoms. The van der Waals surface area contributed by atoms with Gasteiger partial charge in [-0.1, -0.05) is 6.92 Å². The van der Waals surface area contributed by atoms with Crippen molar-refractivity contribution in [2.45, 2.75) is 45.9 Å². The van der Waals surface area contributed by atoms with Crippen LogP contribution >= 0.6 is 0 Å². The summed E-state index contributed by atoms with van der Waals surface area (Å²) in [4.78, 5) is 13.3. The molecule has 3 N–H and O–H groups in total. The Morgan fingerprint density at radius 3 is 2.61 bits per heavy atom. The largest absolute Gasteiger partial charge is 0.459 e. The van der Waals surface area contributed by atoms with Crippen molar-refractivity contribution in [2.24, 2.45) is 5.73 Å². The van der Waals surface area contributed by atoms with Gasteiger partial charge in [0.2, 0.25) is 0 Å². The average molecular weight is 254 g/mol. The van der Waals surface area contributed by atoms with Crippen LogP contribution in [0.2, 0.25) is 0 Å². The van der Waals surface area contributed by atoms with Crippen LogP contribution in [-0.2, 0) is 9.53 Å². The minimum atomic E-state index is -0.961. The second-order valence-electron chi connectivity index (χ2n) is 5.27. The van der Waals surface area contributed by atoms with Gasteiger partial charge in [0.25, 0.3) is 0 Å². The Labute approximate surface area is 108 Å². The third-order valence-corrected chi connectivity index (χ3v) is 2.51. The van der Waals surface area contributed by atoms with Crippen LogP contribution in [0.3, 0.4) is 0 Å². The lowest BCUT2D eigenvalue weighted by molar-refractivity contribution is -0.157. The molecule has 0 aromatic carbocycles. The predicted octanol–water partition coefficient (Wildman–Crippen LogP) is 1.10. The molecule has 0 aromatic heterocycles. The van der Waals surface area contributed by atoms with Crippen LogP contribution in [0.4, 0.5) is 0 Å². The fourth-order valence-corrected chi connectivity index (χ4v) is 1.73. The smallest absolute Gasteiger partial charge is 0.326 e. The number of rotatable bonds is 3. The highest BCUT2D eigenvalue weighted by Crippen LogP contribution is 2.20. The zero-order valence-corrected chi connectivity index (χ0v) is 11.4. The number of hydrogen-bond acceptors (Lipinski definition) is 5. The zero-order valence-electron chi connectivity index (χ0n) is 11.4. The van der Waals surface area contributed by atoms with Crippen LogP contribution in [0, 0.1) is 0 Å². The third kappa shape index (κ3) is 3.77. The van der Waals surface area contributed by atoms with Gasteiger partial charge in [0.15, 0.2) is 6.23 Å². The number of carbonyl (C=O) groups excluding carboxylic acids is 1. The van der Waals surface area contributed by atoms with E-state index in [1.165, 1.54) is 0 Å². The molecule has 5 nitrogen and oxygen atoms in total. The first-order valence-corrected chi connectivity index (χ1v) is 6.07. The highest BCUT2D eigenvalue weighted by molar-refractivity contribution is 5.72. The molecule has 1 heterocycles. The van der Waals surface area contributed by atoms with Gasteiger partial charge in [0.1, 0.15) is 12.1 Å². The van der Waals surface area contributed by atoms with Gasteiger partial charge in [-0.05, 0) is 39.3 Å². The molecule has 0 radical (unpaired) electrons. The molecular weight excluding hydrogens is 232 g/mol. The highest BCUT2D eigenvalue weighted by Gasteiger charge is 2.27. The topological polar surface area (TPSA) is 75.8 Å². The molecule has 1 aliphatic heterocycles. The Bertz CT molecular complexity index is 380. The number of aliphatic hydroxyl groups excluding tert-OH is 1. The molecule has 18 heavy (non-hydrogen) atoms. The second-order valence-corrected chi connectivity index (χ2v) is 5.27. The number of aliphatic hydroxyl groups is 1. The molecule has 0 saturated heterocycles. The van der Waals surface area contributed by atoms with E-state index in [1.807, 2.05) is 33.8 Å². The van der Waals surface area contributed by atoms with E-state index in [1.54, 1.807) is 11.0 Å². The van der Waals surface area contributed by atoms with Gasteiger partial charge in [-0.25, -0.2) is 0 Å². The maximum absolute atomic E-state index is 11.8. The van der Waals surface area contributed by atoms with E-state index >= 15 is 0 Å². The lowest BCUT2D eigenvalue weighted by Crippen LogP contribution is -2.44. The summed E-state index contributed by atoms with van der Waals surface area (Å²) in [6.45, 7) is 7.37. The number of allylic oxidation sites excluding steroid dienone is 3. The van der Waals surface area contributed by atoms with Crippen molar-refractivity contribution in [3.63, 3.8) is 0 Å². The van der Waals surface area contributed by atoms with Crippen LogP contribution in [0.5, 0.6) is 0 Å². The first kappa shape index (κ1) is 14.6. The van der Waals surface area contributed by atoms with Crippen LogP contribution in [0.15, 0.2) is 23.5 Å². The molecule has 0 amide bonds. The van der Waals surface area contributed by atoms with E-state index in [4.69, 9.17) is 10.5 Å². The summed E-state index contributed by atoms with van der Waals surface area (Å²) in [7, 11) is 0. The molecule has 1 rings (SSSR count). The van der Waals surface area contributed by atoms with E-state index in [0.717, 1.165) is 5.70 Å². The SMILES string of the molecule is CCC1=CC=C(N)C(O)N1CC(=O)OC(C)(C)C. The van der Waals surface area contributed by atoms with E-state index in [-0.39, 0.29) is 12.5 Å². The standard InChI is InChI=1S/C13H22N2O3/c1-5-9-6-7-10(14)12(17)15(9)8-11(16)18-13(2,3)4/h6-7,12,17H,5,8,14H2,1-4H3. The molecule has 0 aromatic rings. The van der Waals surface area contributed by atoms with Crippen molar-refractivity contribution in [1.29, 1.82) is 0 Å². The van der Waals surface area contributed by atoms with Gasteiger partial charge >= 0.3 is 5.97 Å². The van der Waals surface area contributed by atoms with E-state index in [9.17, 15) is 9.90 Å². The maximum atomic E-state index is 11.8. The summed E-state index contributed by atoms with van der Waals surface area (Å²) in [6, 6.07) is 0. The summed E-state index contributed by atoms with van der Waals surface area (Å²) in [5.74, 6) is -0.379. The number of carbonyl (C=O) groups is 1. The summed E-state index contributed by atoms with van der Waals surface area (Å²) < 4.78 is 5.24. The van der Waals surface area contributed by atoms with Crippen molar-refractivity contribution < 1.29 is 14.6 Å². The fraction of sp³-hybridized carbons (Fsp3) is 0.615. The zero-order chi connectivity index (χ0) is 13.9. The Morgan fingerprint density at radius 1 is 1.50 bits per heavy atom. The summed E-state index contributed by atoms with van der Waals surface area (Å²) in [5, 5.41) is 9.97. The number of nitrogens with two attached hydrogens (primary N) is 1. The monoisotopic (exact) mass is 254 g/mol. The minimum Gasteiger partial charge on any atom is -0.459 e. The number of esters is 1. The Hall–Kier alpha value is -1.49. The van der Waals surface area contributed by atoms with Crippen LogP contribution in [0.25, 0.3) is 0 Å². The first-order chi connectivity index (χ1) is 8.24. The Kier molecular flexibility index (Phi) is 4.40. The van der Waals surface area contributed by atoms with Crippen LogP contribution < -0.4 is 5.73 Å². The quantitative estimate of drug-likeness (QED) is 0.738. The first-order valence-electron chi connectivity index (χ1n) is 6.07. The normalized spacial score (nSPS) is 20.3. The van der Waals surface area contributed by atoms with E-state index in [2.05, 4.69) is 0 Å². The summed E-state index contributed by atoms with van der Waals surface area (Å²) >= 11 is 0. The van der Waals surface area contributed by atoms with E-state index < -0.39 is 11.8 Å². The molecule has 102 valence electrons. The Morgan fingerprint density at radius 2 is 2.11 bits per heavy atom. The lowest BCUT2D eigenvalue weighted by atomic mass is 10.1. The number of nitrogens with zero attached hydrogens (tertiary/aromatic N) is 1. The van der Waals surface area contributed by atoms with Crippen molar-refractivity contribution >= 4 is 5.97 Å². The predicted molar refractivity (Wildman–Crippen MR) is 69.2 cm³/mol. The molecule has 0 saturated carbocycles. The van der Waals surface area contributed by atoms with Crippen molar-refractivity contribution in [3.05, 3.63) is 23.5 Å². The number of ether oxygens (including phenoxy) is 1. The van der Waals surface area contributed by atoms with Crippen molar-refractivity contribution in [3.8, 4) is 0 Å². The van der Waals surface area contributed by atoms with Gasteiger partial charge in [0, 0.05) is 5.70 Å². The van der Waals surface area contributed by atoms with Gasteiger partial charge < -0.3 is 20.5 Å². The van der Waals surface area contributed by atoms with Crippen molar-refractivity contribution in [1.82, 2.24) is 4.90 Å². The van der Waals surface area contributed by atoms with Gasteiger partial charge in [-0.15, -0.1) is 0 Å². The van der Waals surface area contributed by atoms with Gasteiger partial charge in [-0.3, -0.25) is 4.79 Å². The van der Waals surface area contributed by atoms with Gasteiger partial charge in [-0.2, -0.15) is 0 Å². The van der Waals surface area contributed by atoms with Crippen LogP contribution in [0.1, 0.15) is 34.1 Å². The molecule has 1 aliphatic rings. The molecule has 0 fully saturated rings. The van der Waals surface area contributed by atoms with Crippen molar-refractivity contribution in [2.75, 3.05) is 6.54 Å². The molecular formula is C13H22N2O3. The molecule has 1 atom stereocenters. The minimum absolute atomic E-state index is 0.00729. The summed E-state index contributed by atoms with van der Waals surface area (Å²) in [6.07, 6.45) is 3.22. The average Bonchev–Trinajstić information content (AvgIpc) is 2.22. The molecule has 1 unspecified atom stereocenters. The number of hydrogen-bond donors (Lipinski definition) is 2. The molecule has 0 aliphatic carbocycles. The van der Waals surface area contributed by atoms with Gasteiger partial charge in [0.05, 0.1) is 5.70 Å².